The van der Waals surface area contributed by atoms with Crippen molar-refractivity contribution in [1.29, 1.82) is 0 Å². The molecule has 0 bridgehead atoms. The van der Waals surface area contributed by atoms with Gasteiger partial charge in [0.2, 0.25) is 0 Å². The third-order valence-electron chi connectivity index (χ3n) is 3.97. The predicted molar refractivity (Wildman–Crippen MR) is 65.5 cm³/mol. The number of hydrogen-bond donors (Lipinski definition) is 0. The molecule has 1 aromatic heterocycles. The van der Waals surface area contributed by atoms with E-state index >= 15 is 0 Å². The van der Waals surface area contributed by atoms with Gasteiger partial charge in [0, 0.05) is 12.5 Å². The van der Waals surface area contributed by atoms with Gasteiger partial charge in [-0.25, -0.2) is 9.67 Å². The minimum Gasteiger partial charge on any atom is -0.299 e. The number of aromatic nitrogens is 3. The van der Waals surface area contributed by atoms with E-state index < -0.39 is 0 Å². The maximum atomic E-state index is 12.3. The van der Waals surface area contributed by atoms with E-state index in [1.165, 1.54) is 12.7 Å². The lowest BCUT2D eigenvalue weighted by Gasteiger charge is -2.25. The second kappa shape index (κ2) is 4.59. The van der Waals surface area contributed by atoms with Crippen molar-refractivity contribution in [2.24, 2.45) is 11.3 Å². The fraction of sp³-hybridized carbons (Fsp3) is 0.769. The number of ketones is 1. The monoisotopic (exact) mass is 235 g/mol. The van der Waals surface area contributed by atoms with Crippen LogP contribution in [0.2, 0.25) is 0 Å². The first-order chi connectivity index (χ1) is 8.04. The van der Waals surface area contributed by atoms with E-state index in [1.807, 2.05) is 6.92 Å². The molecule has 2 rings (SSSR count). The first-order valence-corrected chi connectivity index (χ1v) is 6.44. The summed E-state index contributed by atoms with van der Waals surface area (Å²) in [6.45, 7) is 7.19. The summed E-state index contributed by atoms with van der Waals surface area (Å²) < 4.78 is 1.81. The molecule has 1 fully saturated rings. The Morgan fingerprint density at radius 1 is 1.59 bits per heavy atom. The van der Waals surface area contributed by atoms with E-state index in [0.717, 1.165) is 25.2 Å². The molecule has 1 unspecified atom stereocenters. The van der Waals surface area contributed by atoms with Crippen molar-refractivity contribution in [1.82, 2.24) is 14.8 Å². The number of aryl methyl sites for hydroxylation is 1. The summed E-state index contributed by atoms with van der Waals surface area (Å²) in [7, 11) is 0. The Morgan fingerprint density at radius 2 is 2.35 bits per heavy atom. The number of Topliss-reactive ketones (excluding diaryl/α,β-unsaturated/α-hetero) is 1. The van der Waals surface area contributed by atoms with E-state index in [0.29, 0.717) is 12.2 Å². The molecular formula is C13H21N3O. The lowest BCUT2D eigenvalue weighted by molar-refractivity contribution is -0.124. The Kier molecular flexibility index (Phi) is 3.31. The van der Waals surface area contributed by atoms with Crippen LogP contribution < -0.4 is 0 Å². The van der Waals surface area contributed by atoms with Crippen molar-refractivity contribution in [3.8, 4) is 0 Å². The molecule has 1 aliphatic rings. The van der Waals surface area contributed by atoms with Gasteiger partial charge in [0.15, 0.2) is 0 Å². The zero-order chi connectivity index (χ0) is 12.5. The first kappa shape index (κ1) is 12.3. The van der Waals surface area contributed by atoms with Gasteiger partial charge in [-0.3, -0.25) is 4.79 Å². The van der Waals surface area contributed by atoms with E-state index in [-0.39, 0.29) is 11.3 Å². The minimum atomic E-state index is 0.161. The molecule has 1 aromatic rings. The maximum Gasteiger partial charge on any atom is 0.144 e. The SMILES string of the molecule is CCn1ncnc1CC(=O)C1CCCC1(C)C. The molecule has 4 heteroatoms. The van der Waals surface area contributed by atoms with Crippen molar-refractivity contribution in [2.75, 3.05) is 0 Å². The van der Waals surface area contributed by atoms with Crippen LogP contribution >= 0.6 is 0 Å². The molecule has 0 saturated heterocycles. The highest BCUT2D eigenvalue weighted by Crippen LogP contribution is 2.43. The number of carbonyl (C=O) groups excluding carboxylic acids is 1. The van der Waals surface area contributed by atoms with Gasteiger partial charge in [-0.05, 0) is 25.2 Å². The third kappa shape index (κ3) is 2.40. The van der Waals surface area contributed by atoms with Crippen LogP contribution in [0.4, 0.5) is 0 Å². The highest BCUT2D eigenvalue weighted by Gasteiger charge is 2.39. The van der Waals surface area contributed by atoms with Crippen molar-refractivity contribution >= 4 is 5.78 Å². The van der Waals surface area contributed by atoms with Crippen LogP contribution in [0.5, 0.6) is 0 Å². The molecule has 0 aromatic carbocycles. The van der Waals surface area contributed by atoms with Gasteiger partial charge in [0.1, 0.15) is 17.9 Å². The van der Waals surface area contributed by atoms with Crippen LogP contribution in [0, 0.1) is 11.3 Å². The van der Waals surface area contributed by atoms with Crippen LogP contribution in [0.25, 0.3) is 0 Å². The largest absolute Gasteiger partial charge is 0.299 e. The minimum absolute atomic E-state index is 0.161. The van der Waals surface area contributed by atoms with Gasteiger partial charge in [0.25, 0.3) is 0 Å². The maximum absolute atomic E-state index is 12.3. The Morgan fingerprint density at radius 3 is 2.94 bits per heavy atom. The lowest BCUT2D eigenvalue weighted by atomic mass is 9.78. The number of carbonyl (C=O) groups is 1. The topological polar surface area (TPSA) is 47.8 Å². The number of nitrogens with zero attached hydrogens (tertiary/aromatic N) is 3. The molecule has 1 heterocycles. The molecular weight excluding hydrogens is 214 g/mol. The highest BCUT2D eigenvalue weighted by molar-refractivity contribution is 5.83. The second-order valence-electron chi connectivity index (χ2n) is 5.57. The second-order valence-corrected chi connectivity index (χ2v) is 5.57. The Bertz CT molecular complexity index is 409. The van der Waals surface area contributed by atoms with Gasteiger partial charge >= 0.3 is 0 Å². The van der Waals surface area contributed by atoms with Crippen molar-refractivity contribution in [3.05, 3.63) is 12.2 Å². The fourth-order valence-corrected chi connectivity index (χ4v) is 2.89. The van der Waals surface area contributed by atoms with E-state index in [4.69, 9.17) is 0 Å². The summed E-state index contributed by atoms with van der Waals surface area (Å²) >= 11 is 0. The van der Waals surface area contributed by atoms with Gasteiger partial charge < -0.3 is 0 Å². The average molecular weight is 235 g/mol. The molecule has 0 amide bonds. The Hall–Kier alpha value is -1.19. The predicted octanol–water partition coefficient (Wildman–Crippen LogP) is 2.24. The van der Waals surface area contributed by atoms with E-state index in [2.05, 4.69) is 23.9 Å². The van der Waals surface area contributed by atoms with Crippen molar-refractivity contribution in [3.63, 3.8) is 0 Å². The molecule has 0 aliphatic heterocycles. The molecule has 1 aliphatic carbocycles. The highest BCUT2D eigenvalue weighted by atomic mass is 16.1. The van der Waals surface area contributed by atoms with Crippen LogP contribution in [-0.4, -0.2) is 20.5 Å². The van der Waals surface area contributed by atoms with E-state index in [1.54, 1.807) is 4.68 Å². The summed E-state index contributed by atoms with van der Waals surface area (Å²) in [5.41, 5.74) is 0.161. The Balaban J connectivity index is 2.07. The first-order valence-electron chi connectivity index (χ1n) is 6.44. The summed E-state index contributed by atoms with van der Waals surface area (Å²) in [5, 5.41) is 4.10. The summed E-state index contributed by atoms with van der Waals surface area (Å²) in [4.78, 5) is 16.5. The molecule has 17 heavy (non-hydrogen) atoms. The molecule has 4 nitrogen and oxygen atoms in total. The molecule has 1 atom stereocenters. The summed E-state index contributed by atoms with van der Waals surface area (Å²) in [5.74, 6) is 1.33. The zero-order valence-electron chi connectivity index (χ0n) is 10.9. The molecule has 1 saturated carbocycles. The average Bonchev–Trinajstić information content (AvgIpc) is 2.83. The lowest BCUT2D eigenvalue weighted by Crippen LogP contribution is -2.28. The molecule has 0 spiro atoms. The number of rotatable bonds is 4. The van der Waals surface area contributed by atoms with Crippen LogP contribution in [0.15, 0.2) is 6.33 Å². The van der Waals surface area contributed by atoms with Crippen molar-refractivity contribution in [2.45, 2.75) is 53.0 Å². The van der Waals surface area contributed by atoms with Crippen LogP contribution in [0.1, 0.15) is 45.9 Å². The van der Waals surface area contributed by atoms with Crippen molar-refractivity contribution < 1.29 is 4.79 Å². The van der Waals surface area contributed by atoms with Gasteiger partial charge in [0.05, 0.1) is 6.42 Å². The standard InChI is InChI=1S/C13H21N3O/c1-4-16-12(14-9-15-16)8-11(17)10-6-5-7-13(10,2)3/h9-10H,4-8H2,1-3H3. The quantitative estimate of drug-likeness (QED) is 0.804. The summed E-state index contributed by atoms with van der Waals surface area (Å²) in [6, 6.07) is 0. The molecule has 0 N–H and O–H groups in total. The summed E-state index contributed by atoms with van der Waals surface area (Å²) in [6.07, 6.45) is 5.33. The van der Waals surface area contributed by atoms with Gasteiger partial charge in [-0.1, -0.05) is 20.3 Å². The third-order valence-corrected chi connectivity index (χ3v) is 3.97. The van der Waals surface area contributed by atoms with Crippen LogP contribution in [-0.2, 0) is 17.8 Å². The normalized spacial score (nSPS) is 22.9. The number of hydrogen-bond acceptors (Lipinski definition) is 3. The van der Waals surface area contributed by atoms with Gasteiger partial charge in [-0.2, -0.15) is 5.10 Å². The zero-order valence-corrected chi connectivity index (χ0v) is 10.9. The van der Waals surface area contributed by atoms with Gasteiger partial charge in [-0.15, -0.1) is 0 Å². The fourth-order valence-electron chi connectivity index (χ4n) is 2.89. The molecule has 94 valence electrons. The smallest absolute Gasteiger partial charge is 0.144 e. The van der Waals surface area contributed by atoms with E-state index in [9.17, 15) is 4.79 Å². The molecule has 0 radical (unpaired) electrons. The van der Waals surface area contributed by atoms with Crippen LogP contribution in [0.3, 0.4) is 0 Å². The Labute approximate surface area is 102 Å².